The second-order valence-corrected chi connectivity index (χ2v) is 8.49. The standard InChI is InChI=1S/C27H24O6/c1-16-23(26(28)29)25(17-6-3-2-4-7-17)24(16)27(30)33-20-9-5-8-18(14-20)19-10-11-21-22(15-19)32-13-12-31-21/h2-11,14-16,23-25H,12-13H2,1H3,(H,28,29)/t16-,23-,24+,25+/m0/s1. The molecule has 0 radical (unpaired) electrons. The minimum absolute atomic E-state index is 0.318. The Labute approximate surface area is 191 Å². The average molecular weight is 444 g/mol. The van der Waals surface area contributed by atoms with Crippen molar-refractivity contribution in [1.82, 2.24) is 0 Å². The molecule has 4 atom stereocenters. The largest absolute Gasteiger partial charge is 0.486 e. The maximum Gasteiger partial charge on any atom is 0.315 e. The smallest absolute Gasteiger partial charge is 0.315 e. The van der Waals surface area contributed by atoms with Gasteiger partial charge in [-0.25, -0.2) is 0 Å². The summed E-state index contributed by atoms with van der Waals surface area (Å²) in [5.41, 5.74) is 2.64. The summed E-state index contributed by atoms with van der Waals surface area (Å²) in [5.74, 6) is -1.34. The van der Waals surface area contributed by atoms with E-state index >= 15 is 0 Å². The molecule has 2 aliphatic rings. The average Bonchev–Trinajstić information content (AvgIpc) is 2.82. The highest BCUT2D eigenvalue weighted by atomic mass is 16.6. The van der Waals surface area contributed by atoms with Crippen LogP contribution in [0.1, 0.15) is 18.4 Å². The first-order chi connectivity index (χ1) is 16.0. The van der Waals surface area contributed by atoms with Gasteiger partial charge in [0.1, 0.15) is 19.0 Å². The molecule has 1 heterocycles. The Kier molecular flexibility index (Phi) is 5.50. The van der Waals surface area contributed by atoms with E-state index in [2.05, 4.69) is 0 Å². The van der Waals surface area contributed by atoms with E-state index in [0.717, 1.165) is 16.7 Å². The van der Waals surface area contributed by atoms with Crippen LogP contribution >= 0.6 is 0 Å². The molecule has 1 N–H and O–H groups in total. The highest BCUT2D eigenvalue weighted by molar-refractivity contribution is 5.84. The van der Waals surface area contributed by atoms with Gasteiger partial charge >= 0.3 is 11.9 Å². The fourth-order valence-corrected chi connectivity index (χ4v) is 4.93. The zero-order chi connectivity index (χ0) is 22.9. The molecule has 0 bridgehead atoms. The predicted octanol–water partition coefficient (Wildman–Crippen LogP) is 4.78. The van der Waals surface area contributed by atoms with E-state index in [0.29, 0.717) is 30.5 Å². The quantitative estimate of drug-likeness (QED) is 0.451. The lowest BCUT2D eigenvalue weighted by Gasteiger charge is -2.47. The van der Waals surface area contributed by atoms with Gasteiger partial charge in [-0.15, -0.1) is 0 Å². The first kappa shape index (κ1) is 21.1. The van der Waals surface area contributed by atoms with Gasteiger partial charge in [-0.3, -0.25) is 9.59 Å². The normalized spacial score (nSPS) is 23.3. The molecule has 1 fully saturated rings. The number of hydrogen-bond donors (Lipinski definition) is 1. The number of esters is 1. The third kappa shape index (κ3) is 3.93. The molecule has 0 aromatic heterocycles. The summed E-state index contributed by atoms with van der Waals surface area (Å²) in [6, 6.07) is 22.3. The lowest BCUT2D eigenvalue weighted by atomic mass is 9.55. The molecule has 168 valence electrons. The van der Waals surface area contributed by atoms with Crippen molar-refractivity contribution in [1.29, 1.82) is 0 Å². The van der Waals surface area contributed by atoms with E-state index in [1.807, 2.05) is 60.7 Å². The zero-order valence-electron chi connectivity index (χ0n) is 18.1. The lowest BCUT2D eigenvalue weighted by Crippen LogP contribution is -2.52. The predicted molar refractivity (Wildman–Crippen MR) is 121 cm³/mol. The summed E-state index contributed by atoms with van der Waals surface area (Å²) in [7, 11) is 0. The summed E-state index contributed by atoms with van der Waals surface area (Å²) >= 11 is 0. The van der Waals surface area contributed by atoms with Gasteiger partial charge < -0.3 is 19.3 Å². The lowest BCUT2D eigenvalue weighted by molar-refractivity contribution is -0.162. The number of fused-ring (bicyclic) bond motifs is 1. The molecule has 0 spiro atoms. The van der Waals surface area contributed by atoms with Crippen molar-refractivity contribution >= 4 is 11.9 Å². The molecule has 0 saturated heterocycles. The molecular weight excluding hydrogens is 420 g/mol. The van der Waals surface area contributed by atoms with Gasteiger partial charge in [0.2, 0.25) is 0 Å². The summed E-state index contributed by atoms with van der Waals surface area (Å²) in [4.78, 5) is 25.0. The molecule has 1 saturated carbocycles. The van der Waals surface area contributed by atoms with Crippen LogP contribution in [0.25, 0.3) is 11.1 Å². The summed E-state index contributed by atoms with van der Waals surface area (Å²) in [5, 5.41) is 9.70. The van der Waals surface area contributed by atoms with Crippen molar-refractivity contribution in [2.24, 2.45) is 17.8 Å². The molecule has 3 aromatic carbocycles. The molecule has 1 aliphatic heterocycles. The second-order valence-electron chi connectivity index (χ2n) is 8.49. The van der Waals surface area contributed by atoms with E-state index in [1.165, 1.54) is 0 Å². The van der Waals surface area contributed by atoms with Gasteiger partial charge in [-0.2, -0.15) is 0 Å². The Morgan fingerprint density at radius 3 is 2.33 bits per heavy atom. The van der Waals surface area contributed by atoms with Crippen molar-refractivity contribution < 1.29 is 28.9 Å². The summed E-state index contributed by atoms with van der Waals surface area (Å²) < 4.78 is 17.0. The van der Waals surface area contributed by atoms with Gasteiger partial charge in [0.05, 0.1) is 11.8 Å². The third-order valence-corrected chi connectivity index (χ3v) is 6.58. The Morgan fingerprint density at radius 2 is 1.58 bits per heavy atom. The second kappa shape index (κ2) is 8.62. The number of carbonyl (C=O) groups is 2. The minimum atomic E-state index is -0.888. The van der Waals surface area contributed by atoms with Crippen LogP contribution in [0.2, 0.25) is 0 Å². The van der Waals surface area contributed by atoms with Crippen LogP contribution in [-0.2, 0) is 9.59 Å². The molecule has 6 heteroatoms. The topological polar surface area (TPSA) is 82.1 Å². The molecular formula is C27H24O6. The number of carbonyl (C=O) groups excluding carboxylic acids is 1. The van der Waals surface area contributed by atoms with Crippen molar-refractivity contribution in [3.63, 3.8) is 0 Å². The van der Waals surface area contributed by atoms with Crippen molar-refractivity contribution in [2.75, 3.05) is 13.2 Å². The number of hydrogen-bond acceptors (Lipinski definition) is 5. The number of ether oxygens (including phenoxy) is 3. The van der Waals surface area contributed by atoms with E-state index in [4.69, 9.17) is 14.2 Å². The van der Waals surface area contributed by atoms with Gasteiger partial charge in [-0.1, -0.05) is 55.5 Å². The summed E-state index contributed by atoms with van der Waals surface area (Å²) in [6.07, 6.45) is 0. The van der Waals surface area contributed by atoms with Crippen LogP contribution in [0.3, 0.4) is 0 Å². The highest BCUT2D eigenvalue weighted by Gasteiger charge is 2.56. The van der Waals surface area contributed by atoms with Crippen LogP contribution in [0.5, 0.6) is 17.2 Å². The van der Waals surface area contributed by atoms with Gasteiger partial charge in [0.25, 0.3) is 0 Å². The summed E-state index contributed by atoms with van der Waals surface area (Å²) in [6.45, 7) is 2.84. The monoisotopic (exact) mass is 444 g/mol. The van der Waals surface area contributed by atoms with Crippen LogP contribution < -0.4 is 14.2 Å². The van der Waals surface area contributed by atoms with E-state index in [1.54, 1.807) is 19.1 Å². The van der Waals surface area contributed by atoms with Gasteiger partial charge in [0.15, 0.2) is 11.5 Å². The van der Waals surface area contributed by atoms with Crippen LogP contribution in [-0.4, -0.2) is 30.3 Å². The Hall–Kier alpha value is -3.80. The number of benzene rings is 3. The Morgan fingerprint density at radius 1 is 0.848 bits per heavy atom. The van der Waals surface area contributed by atoms with Gasteiger partial charge in [-0.05, 0) is 46.9 Å². The van der Waals surface area contributed by atoms with E-state index in [9.17, 15) is 14.7 Å². The molecule has 0 amide bonds. The Bertz CT molecular complexity index is 1190. The molecule has 6 nitrogen and oxygen atoms in total. The molecule has 1 aliphatic carbocycles. The first-order valence-corrected chi connectivity index (χ1v) is 11.0. The fourth-order valence-electron chi connectivity index (χ4n) is 4.93. The number of carboxylic acid groups (broad SMARTS) is 1. The minimum Gasteiger partial charge on any atom is -0.486 e. The van der Waals surface area contributed by atoms with Crippen LogP contribution in [0.15, 0.2) is 72.8 Å². The molecule has 5 rings (SSSR count). The molecule has 33 heavy (non-hydrogen) atoms. The zero-order valence-corrected chi connectivity index (χ0v) is 18.1. The number of rotatable bonds is 5. The molecule has 3 aromatic rings. The van der Waals surface area contributed by atoms with Gasteiger partial charge in [0, 0.05) is 5.92 Å². The third-order valence-electron chi connectivity index (χ3n) is 6.58. The van der Waals surface area contributed by atoms with Crippen molar-refractivity contribution in [3.8, 4) is 28.4 Å². The van der Waals surface area contributed by atoms with Crippen LogP contribution in [0, 0.1) is 17.8 Å². The van der Waals surface area contributed by atoms with Crippen LogP contribution in [0.4, 0.5) is 0 Å². The van der Waals surface area contributed by atoms with E-state index < -0.39 is 29.7 Å². The van der Waals surface area contributed by atoms with Crippen molar-refractivity contribution in [3.05, 3.63) is 78.4 Å². The fraction of sp³-hybridized carbons (Fsp3) is 0.259. The maximum atomic E-state index is 13.1. The van der Waals surface area contributed by atoms with Crippen molar-refractivity contribution in [2.45, 2.75) is 12.8 Å². The SMILES string of the molecule is C[C@@H]1[C@@H](C(=O)Oc2cccc(-c3ccc4c(c3)OCCO4)c2)[C@H](c2ccccc2)[C@H]1C(=O)O. The maximum absolute atomic E-state index is 13.1. The Balaban J connectivity index is 1.37. The van der Waals surface area contributed by atoms with E-state index in [-0.39, 0.29) is 5.92 Å². The number of carboxylic acids is 1. The first-order valence-electron chi connectivity index (χ1n) is 11.0. The number of aliphatic carboxylic acids is 1. The molecule has 0 unspecified atom stereocenters. The highest BCUT2D eigenvalue weighted by Crippen LogP contribution is 2.53.